The van der Waals surface area contributed by atoms with Crippen LogP contribution in [0.1, 0.15) is 36.8 Å². The first-order valence-corrected chi connectivity index (χ1v) is 7.76. The summed E-state index contributed by atoms with van der Waals surface area (Å²) in [6.07, 6.45) is -1.44. The van der Waals surface area contributed by atoms with Crippen molar-refractivity contribution in [2.24, 2.45) is 5.92 Å². The second kappa shape index (κ2) is 6.38. The standard InChI is InChI=1S/C16H21ClF3NO/c1-21(2)10-12-5-3-4-8-15(12,22)11-6-7-14(17)13(9-11)16(18,19)20/h6-7,9,12,22H,3-5,8,10H2,1-2H3. The van der Waals surface area contributed by atoms with E-state index >= 15 is 0 Å². The van der Waals surface area contributed by atoms with E-state index in [1.807, 2.05) is 19.0 Å². The van der Waals surface area contributed by atoms with Crippen molar-refractivity contribution in [3.8, 4) is 0 Å². The van der Waals surface area contributed by atoms with E-state index in [0.29, 0.717) is 18.5 Å². The minimum atomic E-state index is -4.52. The van der Waals surface area contributed by atoms with Gasteiger partial charge >= 0.3 is 6.18 Å². The quantitative estimate of drug-likeness (QED) is 0.890. The summed E-state index contributed by atoms with van der Waals surface area (Å²) in [5.74, 6) is -0.0847. The highest BCUT2D eigenvalue weighted by Crippen LogP contribution is 2.44. The Hall–Kier alpha value is -0.780. The molecule has 2 nitrogen and oxygen atoms in total. The fourth-order valence-electron chi connectivity index (χ4n) is 3.30. The van der Waals surface area contributed by atoms with Crippen molar-refractivity contribution in [1.82, 2.24) is 4.90 Å². The molecule has 1 aromatic carbocycles. The summed E-state index contributed by atoms with van der Waals surface area (Å²) in [4.78, 5) is 1.96. The average Bonchev–Trinajstić information content (AvgIpc) is 2.40. The van der Waals surface area contributed by atoms with Gasteiger partial charge in [0.15, 0.2) is 0 Å². The first kappa shape index (κ1) is 17.6. The summed E-state index contributed by atoms with van der Waals surface area (Å²) in [6, 6.07) is 3.76. The summed E-state index contributed by atoms with van der Waals surface area (Å²) >= 11 is 5.68. The van der Waals surface area contributed by atoms with Crippen LogP contribution in [0.15, 0.2) is 18.2 Å². The number of halogens is 4. The lowest BCUT2D eigenvalue weighted by Crippen LogP contribution is -2.43. The van der Waals surface area contributed by atoms with Crippen LogP contribution in [0, 0.1) is 5.92 Å². The monoisotopic (exact) mass is 335 g/mol. The van der Waals surface area contributed by atoms with Crippen LogP contribution < -0.4 is 0 Å². The Bertz CT molecular complexity index is 533. The van der Waals surface area contributed by atoms with Gasteiger partial charge < -0.3 is 10.0 Å². The molecular weight excluding hydrogens is 315 g/mol. The number of hydrogen-bond acceptors (Lipinski definition) is 2. The molecule has 0 aromatic heterocycles. The molecule has 0 bridgehead atoms. The number of hydrogen-bond donors (Lipinski definition) is 1. The lowest BCUT2D eigenvalue weighted by molar-refractivity contribution is -0.137. The molecule has 0 heterocycles. The molecule has 0 saturated heterocycles. The average molecular weight is 336 g/mol. The van der Waals surface area contributed by atoms with Crippen LogP contribution in [0.2, 0.25) is 5.02 Å². The van der Waals surface area contributed by atoms with Crippen molar-refractivity contribution in [3.63, 3.8) is 0 Å². The topological polar surface area (TPSA) is 23.5 Å². The largest absolute Gasteiger partial charge is 0.417 e. The number of aliphatic hydroxyl groups is 1. The van der Waals surface area contributed by atoms with Crippen LogP contribution in [0.4, 0.5) is 13.2 Å². The smallest absolute Gasteiger partial charge is 0.385 e. The van der Waals surface area contributed by atoms with Crippen LogP contribution in [-0.4, -0.2) is 30.6 Å². The molecule has 0 aliphatic heterocycles. The third kappa shape index (κ3) is 3.58. The van der Waals surface area contributed by atoms with E-state index < -0.39 is 17.3 Å². The SMILES string of the molecule is CN(C)CC1CCCCC1(O)c1ccc(Cl)c(C(F)(F)F)c1. The van der Waals surface area contributed by atoms with E-state index in [9.17, 15) is 18.3 Å². The molecule has 2 atom stereocenters. The van der Waals surface area contributed by atoms with E-state index in [1.165, 1.54) is 12.1 Å². The third-order valence-corrected chi connectivity index (χ3v) is 4.72. The maximum absolute atomic E-state index is 13.1. The molecule has 1 aliphatic rings. The third-order valence-electron chi connectivity index (χ3n) is 4.39. The van der Waals surface area contributed by atoms with Gasteiger partial charge in [0.1, 0.15) is 0 Å². The van der Waals surface area contributed by atoms with Crippen LogP contribution in [-0.2, 0) is 11.8 Å². The molecule has 2 unspecified atom stereocenters. The Morgan fingerprint density at radius 3 is 2.59 bits per heavy atom. The molecule has 1 fully saturated rings. The molecular formula is C16H21ClF3NO. The van der Waals surface area contributed by atoms with E-state index in [-0.39, 0.29) is 10.9 Å². The summed E-state index contributed by atoms with van der Waals surface area (Å²) < 4.78 is 39.2. The molecule has 1 saturated carbocycles. The van der Waals surface area contributed by atoms with Crippen molar-refractivity contribution in [3.05, 3.63) is 34.3 Å². The van der Waals surface area contributed by atoms with Gasteiger partial charge in [-0.3, -0.25) is 0 Å². The second-order valence-electron chi connectivity index (χ2n) is 6.32. The van der Waals surface area contributed by atoms with Crippen molar-refractivity contribution in [2.45, 2.75) is 37.5 Å². The number of rotatable bonds is 3. The zero-order chi connectivity index (χ0) is 16.5. The zero-order valence-corrected chi connectivity index (χ0v) is 13.5. The normalized spacial score (nSPS) is 26.5. The first-order valence-electron chi connectivity index (χ1n) is 7.39. The molecule has 1 aromatic rings. The number of nitrogens with zero attached hydrogens (tertiary/aromatic N) is 1. The molecule has 1 N–H and O–H groups in total. The van der Waals surface area contributed by atoms with Crippen LogP contribution in [0.25, 0.3) is 0 Å². The molecule has 0 amide bonds. The minimum absolute atomic E-state index is 0.0847. The van der Waals surface area contributed by atoms with Crippen LogP contribution in [0.5, 0.6) is 0 Å². The molecule has 124 valence electrons. The van der Waals surface area contributed by atoms with Crippen molar-refractivity contribution in [2.75, 3.05) is 20.6 Å². The van der Waals surface area contributed by atoms with Crippen molar-refractivity contribution in [1.29, 1.82) is 0 Å². The second-order valence-corrected chi connectivity index (χ2v) is 6.73. The predicted molar refractivity (Wildman–Crippen MR) is 80.9 cm³/mol. The van der Waals surface area contributed by atoms with Gasteiger partial charge in [-0.25, -0.2) is 0 Å². The maximum Gasteiger partial charge on any atom is 0.417 e. The highest BCUT2D eigenvalue weighted by Gasteiger charge is 2.42. The lowest BCUT2D eigenvalue weighted by atomic mass is 9.71. The molecule has 2 rings (SSSR count). The van der Waals surface area contributed by atoms with E-state index in [4.69, 9.17) is 11.6 Å². The van der Waals surface area contributed by atoms with Gasteiger partial charge in [-0.15, -0.1) is 0 Å². The van der Waals surface area contributed by atoms with Gasteiger partial charge in [0.05, 0.1) is 16.2 Å². The van der Waals surface area contributed by atoms with Crippen molar-refractivity contribution < 1.29 is 18.3 Å². The summed E-state index contributed by atoms with van der Waals surface area (Å²) in [7, 11) is 3.80. The highest BCUT2D eigenvalue weighted by molar-refractivity contribution is 6.31. The first-order chi connectivity index (χ1) is 10.1. The Kier molecular flexibility index (Phi) is 5.09. The van der Waals surface area contributed by atoms with Gasteiger partial charge in [0, 0.05) is 12.5 Å². The fraction of sp³-hybridized carbons (Fsp3) is 0.625. The van der Waals surface area contributed by atoms with E-state index in [2.05, 4.69) is 0 Å². The summed E-state index contributed by atoms with van der Waals surface area (Å²) in [6.45, 7) is 0.639. The molecule has 0 radical (unpaired) electrons. The molecule has 22 heavy (non-hydrogen) atoms. The van der Waals surface area contributed by atoms with Gasteiger partial charge in [-0.05, 0) is 44.6 Å². The molecule has 6 heteroatoms. The molecule has 1 aliphatic carbocycles. The fourth-order valence-corrected chi connectivity index (χ4v) is 3.53. The predicted octanol–water partition coefficient (Wildman–Crippen LogP) is 4.30. The van der Waals surface area contributed by atoms with E-state index in [0.717, 1.165) is 25.3 Å². The Morgan fingerprint density at radius 1 is 1.32 bits per heavy atom. The maximum atomic E-state index is 13.1. The zero-order valence-electron chi connectivity index (χ0n) is 12.8. The van der Waals surface area contributed by atoms with Crippen LogP contribution >= 0.6 is 11.6 Å². The van der Waals surface area contributed by atoms with Gasteiger partial charge in [-0.1, -0.05) is 30.5 Å². The summed E-state index contributed by atoms with van der Waals surface area (Å²) in [5, 5.41) is 10.8. The lowest BCUT2D eigenvalue weighted by Gasteiger charge is -2.42. The minimum Gasteiger partial charge on any atom is -0.385 e. The molecule has 0 spiro atoms. The Balaban J connectivity index is 2.43. The summed E-state index contributed by atoms with van der Waals surface area (Å²) in [5.41, 5.74) is -1.79. The number of alkyl halides is 3. The van der Waals surface area contributed by atoms with Crippen LogP contribution in [0.3, 0.4) is 0 Å². The van der Waals surface area contributed by atoms with E-state index in [1.54, 1.807) is 0 Å². The van der Waals surface area contributed by atoms with Gasteiger partial charge in [0.2, 0.25) is 0 Å². The highest BCUT2D eigenvalue weighted by atomic mass is 35.5. The van der Waals surface area contributed by atoms with Crippen molar-refractivity contribution >= 4 is 11.6 Å². The van der Waals surface area contributed by atoms with Gasteiger partial charge in [0.25, 0.3) is 0 Å². The number of benzene rings is 1. The Morgan fingerprint density at radius 2 is 2.00 bits per heavy atom. The van der Waals surface area contributed by atoms with Gasteiger partial charge in [-0.2, -0.15) is 13.2 Å². The Labute approximate surface area is 133 Å².